The zero-order valence-corrected chi connectivity index (χ0v) is 15.5. The van der Waals surface area contributed by atoms with Crippen LogP contribution in [0.2, 0.25) is 0 Å². The molecule has 0 saturated heterocycles. The van der Waals surface area contributed by atoms with Crippen LogP contribution in [-0.2, 0) is 14.8 Å². The minimum absolute atomic E-state index is 0.0706. The largest absolute Gasteiger partial charge is 0.493 e. The molecule has 9 nitrogen and oxygen atoms in total. The van der Waals surface area contributed by atoms with E-state index in [1.54, 1.807) is 0 Å². The smallest absolute Gasteiger partial charge is 0.248 e. The molecule has 4 N–H and O–H groups in total. The van der Waals surface area contributed by atoms with Crippen LogP contribution in [0.5, 0.6) is 11.5 Å². The van der Waals surface area contributed by atoms with E-state index >= 15 is 0 Å². The molecule has 0 aliphatic heterocycles. The van der Waals surface area contributed by atoms with Crippen molar-refractivity contribution < 1.29 is 27.5 Å². The van der Waals surface area contributed by atoms with Crippen LogP contribution in [0.3, 0.4) is 0 Å². The lowest BCUT2D eigenvalue weighted by atomic mass is 10.2. The molecular formula is C17H19N3O6S. The van der Waals surface area contributed by atoms with Gasteiger partial charge in [0.05, 0.1) is 25.7 Å². The average Bonchev–Trinajstić information content (AvgIpc) is 2.66. The molecule has 0 aliphatic rings. The SMILES string of the molecule is COc1ccc(S(=O)(=O)NCC(=O)Nc2ccc(C(N)=O)cc2)cc1OC. The van der Waals surface area contributed by atoms with Crippen molar-refractivity contribution in [2.24, 2.45) is 5.73 Å². The number of carbonyl (C=O) groups excluding carboxylic acids is 2. The molecule has 0 spiro atoms. The van der Waals surface area contributed by atoms with Crippen molar-refractivity contribution in [3.05, 3.63) is 48.0 Å². The first kappa shape index (κ1) is 20.2. The van der Waals surface area contributed by atoms with Gasteiger partial charge in [-0.1, -0.05) is 0 Å². The number of carbonyl (C=O) groups is 2. The fourth-order valence-electron chi connectivity index (χ4n) is 2.15. The molecule has 10 heteroatoms. The lowest BCUT2D eigenvalue weighted by Gasteiger charge is -2.11. The fraction of sp³-hybridized carbons (Fsp3) is 0.176. The number of nitrogens with two attached hydrogens (primary N) is 1. The molecule has 2 aromatic carbocycles. The highest BCUT2D eigenvalue weighted by molar-refractivity contribution is 7.89. The van der Waals surface area contributed by atoms with Gasteiger partial charge < -0.3 is 20.5 Å². The van der Waals surface area contributed by atoms with E-state index in [0.717, 1.165) is 0 Å². The Morgan fingerprint density at radius 2 is 1.63 bits per heavy atom. The number of ether oxygens (including phenoxy) is 2. The maximum Gasteiger partial charge on any atom is 0.248 e. The normalized spacial score (nSPS) is 10.9. The Morgan fingerprint density at radius 1 is 1.00 bits per heavy atom. The number of nitrogens with one attached hydrogen (secondary N) is 2. The topological polar surface area (TPSA) is 137 Å². The number of anilines is 1. The second-order valence-corrected chi connectivity index (χ2v) is 7.10. The number of rotatable bonds is 8. The molecule has 144 valence electrons. The molecule has 0 aliphatic carbocycles. The molecule has 0 unspecified atom stereocenters. The minimum Gasteiger partial charge on any atom is -0.493 e. The van der Waals surface area contributed by atoms with Crippen molar-refractivity contribution >= 4 is 27.5 Å². The van der Waals surface area contributed by atoms with E-state index in [2.05, 4.69) is 10.0 Å². The predicted octanol–water partition coefficient (Wildman–Crippen LogP) is 0.720. The minimum atomic E-state index is -3.93. The van der Waals surface area contributed by atoms with E-state index in [0.29, 0.717) is 17.0 Å². The van der Waals surface area contributed by atoms with Gasteiger partial charge in [-0.25, -0.2) is 13.1 Å². The van der Waals surface area contributed by atoms with Gasteiger partial charge in [0.2, 0.25) is 21.8 Å². The summed E-state index contributed by atoms with van der Waals surface area (Å²) in [7, 11) is -1.11. The first-order valence-electron chi connectivity index (χ1n) is 7.68. The van der Waals surface area contributed by atoms with Crippen LogP contribution in [0.25, 0.3) is 0 Å². The Labute approximate surface area is 156 Å². The summed E-state index contributed by atoms with van der Waals surface area (Å²) in [6, 6.07) is 9.96. The lowest BCUT2D eigenvalue weighted by molar-refractivity contribution is -0.115. The van der Waals surface area contributed by atoms with Gasteiger partial charge in [-0.15, -0.1) is 0 Å². The summed E-state index contributed by atoms with van der Waals surface area (Å²) in [6.07, 6.45) is 0. The Morgan fingerprint density at radius 3 is 2.19 bits per heavy atom. The maximum atomic E-state index is 12.3. The van der Waals surface area contributed by atoms with Gasteiger partial charge in [0.25, 0.3) is 0 Å². The van der Waals surface area contributed by atoms with Crippen LogP contribution in [0.1, 0.15) is 10.4 Å². The molecule has 0 heterocycles. The maximum absolute atomic E-state index is 12.3. The van der Waals surface area contributed by atoms with Crippen molar-refractivity contribution in [2.45, 2.75) is 4.90 Å². The molecule has 0 aromatic heterocycles. The van der Waals surface area contributed by atoms with Crippen LogP contribution in [0.4, 0.5) is 5.69 Å². The summed E-state index contributed by atoms with van der Waals surface area (Å²) in [6.45, 7) is -0.478. The number of benzene rings is 2. The van der Waals surface area contributed by atoms with Crippen molar-refractivity contribution in [1.82, 2.24) is 4.72 Å². The van der Waals surface area contributed by atoms with Crippen molar-refractivity contribution in [1.29, 1.82) is 0 Å². The molecule has 2 aromatic rings. The number of amides is 2. The van der Waals surface area contributed by atoms with Crippen molar-refractivity contribution in [3.8, 4) is 11.5 Å². The van der Waals surface area contributed by atoms with Gasteiger partial charge in [0.15, 0.2) is 11.5 Å². The van der Waals surface area contributed by atoms with E-state index in [4.69, 9.17) is 15.2 Å². The number of sulfonamides is 1. The highest BCUT2D eigenvalue weighted by Gasteiger charge is 2.18. The average molecular weight is 393 g/mol. The molecule has 27 heavy (non-hydrogen) atoms. The van der Waals surface area contributed by atoms with Crippen LogP contribution in [-0.4, -0.2) is 41.0 Å². The predicted molar refractivity (Wildman–Crippen MR) is 98.3 cm³/mol. The third-order valence-corrected chi connectivity index (χ3v) is 4.94. The summed E-state index contributed by atoms with van der Waals surface area (Å²) in [5, 5.41) is 2.51. The second kappa shape index (κ2) is 8.52. The lowest BCUT2D eigenvalue weighted by Crippen LogP contribution is -2.32. The van der Waals surface area contributed by atoms with Crippen LogP contribution < -0.4 is 25.2 Å². The molecule has 0 atom stereocenters. The highest BCUT2D eigenvalue weighted by Crippen LogP contribution is 2.29. The second-order valence-electron chi connectivity index (χ2n) is 5.33. The van der Waals surface area contributed by atoms with Gasteiger partial charge in [0.1, 0.15) is 0 Å². The van der Waals surface area contributed by atoms with E-state index in [-0.39, 0.29) is 10.6 Å². The Kier molecular flexibility index (Phi) is 6.37. The Hall–Kier alpha value is -3.11. The molecule has 0 fully saturated rings. The highest BCUT2D eigenvalue weighted by atomic mass is 32.2. The van der Waals surface area contributed by atoms with E-state index in [9.17, 15) is 18.0 Å². The molecule has 0 saturated carbocycles. The molecular weight excluding hydrogens is 374 g/mol. The first-order valence-corrected chi connectivity index (χ1v) is 9.16. The molecule has 0 radical (unpaired) electrons. The molecule has 2 amide bonds. The van der Waals surface area contributed by atoms with Gasteiger partial charge in [-0.05, 0) is 36.4 Å². The fourth-order valence-corrected chi connectivity index (χ4v) is 3.15. The standard InChI is InChI=1S/C17H19N3O6S/c1-25-14-8-7-13(9-15(14)26-2)27(23,24)19-10-16(21)20-12-5-3-11(4-6-12)17(18)22/h3-9,19H,10H2,1-2H3,(H2,18,22)(H,20,21). The number of hydrogen-bond donors (Lipinski definition) is 3. The Balaban J connectivity index is 2.02. The molecule has 0 bridgehead atoms. The third-order valence-electron chi connectivity index (χ3n) is 3.54. The summed E-state index contributed by atoms with van der Waals surface area (Å²) in [5.74, 6) is -0.533. The zero-order valence-electron chi connectivity index (χ0n) is 14.7. The van der Waals surface area contributed by atoms with E-state index < -0.39 is 28.4 Å². The zero-order chi connectivity index (χ0) is 20.0. The summed E-state index contributed by atoms with van der Waals surface area (Å²) < 4.78 is 37.0. The van der Waals surface area contributed by atoms with E-state index in [1.165, 1.54) is 56.7 Å². The summed E-state index contributed by atoms with van der Waals surface area (Å²) in [5.41, 5.74) is 5.83. The number of hydrogen-bond acceptors (Lipinski definition) is 6. The van der Waals surface area contributed by atoms with Gasteiger partial charge in [-0.3, -0.25) is 9.59 Å². The monoisotopic (exact) mass is 393 g/mol. The van der Waals surface area contributed by atoms with Crippen LogP contribution >= 0.6 is 0 Å². The van der Waals surface area contributed by atoms with E-state index in [1.807, 2.05) is 0 Å². The van der Waals surface area contributed by atoms with Gasteiger partial charge in [0, 0.05) is 17.3 Å². The van der Waals surface area contributed by atoms with Crippen LogP contribution in [0, 0.1) is 0 Å². The quantitative estimate of drug-likeness (QED) is 0.604. The number of primary amides is 1. The summed E-state index contributed by atoms with van der Waals surface area (Å²) >= 11 is 0. The van der Waals surface area contributed by atoms with Crippen LogP contribution in [0.15, 0.2) is 47.4 Å². The third kappa shape index (κ3) is 5.19. The molecule has 2 rings (SSSR count). The van der Waals surface area contributed by atoms with Gasteiger partial charge >= 0.3 is 0 Å². The van der Waals surface area contributed by atoms with Gasteiger partial charge in [-0.2, -0.15) is 0 Å². The summed E-state index contributed by atoms with van der Waals surface area (Å²) in [4.78, 5) is 22.9. The van der Waals surface area contributed by atoms with Crippen molar-refractivity contribution in [2.75, 3.05) is 26.1 Å². The first-order chi connectivity index (χ1) is 12.8. The van der Waals surface area contributed by atoms with Crippen molar-refractivity contribution in [3.63, 3.8) is 0 Å². The Bertz CT molecular complexity index is 942. The number of methoxy groups -OCH3 is 2.